The van der Waals surface area contributed by atoms with Crippen LogP contribution in [0.25, 0.3) is 0 Å². The topological polar surface area (TPSA) is 50.8 Å². The Kier molecular flexibility index (Phi) is 5.41. The molecule has 1 unspecified atom stereocenters. The smallest absolute Gasteiger partial charge is 0.327 e. The summed E-state index contributed by atoms with van der Waals surface area (Å²) in [6.07, 6.45) is 4.82. The number of piperidine rings is 1. The van der Waals surface area contributed by atoms with Crippen molar-refractivity contribution in [3.8, 4) is 0 Å². The lowest BCUT2D eigenvalue weighted by Crippen LogP contribution is -2.59. The van der Waals surface area contributed by atoms with Crippen molar-refractivity contribution in [2.24, 2.45) is 0 Å². The molecular formula is C15H28N2O3. The van der Waals surface area contributed by atoms with Crippen molar-refractivity contribution in [1.82, 2.24) is 10.2 Å². The lowest BCUT2D eigenvalue weighted by atomic mass is 9.99. The van der Waals surface area contributed by atoms with E-state index in [1.807, 2.05) is 13.8 Å². The fourth-order valence-electron chi connectivity index (χ4n) is 2.99. The molecule has 0 aromatic rings. The van der Waals surface area contributed by atoms with Crippen molar-refractivity contribution >= 4 is 5.97 Å². The first kappa shape index (κ1) is 15.7. The van der Waals surface area contributed by atoms with Crippen LogP contribution in [0.4, 0.5) is 0 Å². The molecule has 1 atom stereocenters. The summed E-state index contributed by atoms with van der Waals surface area (Å²) in [7, 11) is 1.47. The Morgan fingerprint density at radius 2 is 1.95 bits per heavy atom. The molecule has 1 saturated carbocycles. The minimum absolute atomic E-state index is 0.156. The summed E-state index contributed by atoms with van der Waals surface area (Å²) in [5.41, 5.74) is -0.589. The molecule has 0 bridgehead atoms. The lowest BCUT2D eigenvalue weighted by Gasteiger charge is -2.38. The van der Waals surface area contributed by atoms with Crippen molar-refractivity contribution < 1.29 is 14.3 Å². The third kappa shape index (κ3) is 4.17. The summed E-state index contributed by atoms with van der Waals surface area (Å²) in [4.78, 5) is 14.5. The number of carbonyl (C=O) groups excluding carboxylic acids is 1. The monoisotopic (exact) mass is 284 g/mol. The van der Waals surface area contributed by atoms with E-state index >= 15 is 0 Å². The number of nitrogens with one attached hydrogen (secondary N) is 1. The number of esters is 1. The first-order valence-electron chi connectivity index (χ1n) is 7.77. The van der Waals surface area contributed by atoms with Gasteiger partial charge in [0, 0.05) is 32.3 Å². The van der Waals surface area contributed by atoms with Gasteiger partial charge in [-0.2, -0.15) is 0 Å². The first-order valence-corrected chi connectivity index (χ1v) is 7.77. The van der Waals surface area contributed by atoms with Crippen LogP contribution in [0.1, 0.15) is 39.5 Å². The number of ether oxygens (including phenoxy) is 2. The summed E-state index contributed by atoms with van der Waals surface area (Å²) in [6, 6.07) is 0.486. The molecule has 2 rings (SSSR count). The van der Waals surface area contributed by atoms with E-state index in [1.54, 1.807) is 0 Å². The Labute approximate surface area is 122 Å². The zero-order chi connectivity index (χ0) is 14.6. The number of carbonyl (C=O) groups is 1. The van der Waals surface area contributed by atoms with Gasteiger partial charge in [-0.05, 0) is 39.5 Å². The number of hydrogen-bond acceptors (Lipinski definition) is 5. The molecule has 1 aliphatic carbocycles. The van der Waals surface area contributed by atoms with E-state index in [4.69, 9.17) is 9.47 Å². The maximum absolute atomic E-state index is 12.1. The number of hydrogen-bond donors (Lipinski definition) is 1. The summed E-state index contributed by atoms with van der Waals surface area (Å²) < 4.78 is 10.7. The predicted molar refractivity (Wildman–Crippen MR) is 77.7 cm³/mol. The molecule has 0 radical (unpaired) electrons. The van der Waals surface area contributed by atoms with Gasteiger partial charge in [-0.15, -0.1) is 0 Å². The van der Waals surface area contributed by atoms with Gasteiger partial charge in [0.2, 0.25) is 0 Å². The minimum atomic E-state index is -0.589. The highest BCUT2D eigenvalue weighted by Gasteiger charge is 2.41. The average Bonchev–Trinajstić information content (AvgIpc) is 3.24. The molecule has 2 fully saturated rings. The van der Waals surface area contributed by atoms with Gasteiger partial charge in [-0.25, -0.2) is 0 Å². The highest BCUT2D eigenvalue weighted by molar-refractivity contribution is 5.80. The van der Waals surface area contributed by atoms with Gasteiger partial charge in [-0.3, -0.25) is 10.1 Å². The molecule has 5 nitrogen and oxygen atoms in total. The Morgan fingerprint density at radius 3 is 2.45 bits per heavy atom. The molecule has 0 aromatic carbocycles. The fourth-order valence-corrected chi connectivity index (χ4v) is 2.99. The highest BCUT2D eigenvalue weighted by Crippen LogP contribution is 2.25. The van der Waals surface area contributed by atoms with Crippen LogP contribution >= 0.6 is 0 Å². The van der Waals surface area contributed by atoms with E-state index < -0.39 is 5.54 Å². The summed E-state index contributed by atoms with van der Waals surface area (Å²) in [5, 5.41) is 3.45. The molecule has 1 N–H and O–H groups in total. The van der Waals surface area contributed by atoms with Gasteiger partial charge >= 0.3 is 5.97 Å². The first-order chi connectivity index (χ1) is 9.57. The van der Waals surface area contributed by atoms with E-state index in [2.05, 4.69) is 10.2 Å². The zero-order valence-corrected chi connectivity index (χ0v) is 13.0. The third-order valence-corrected chi connectivity index (χ3v) is 4.21. The Hall–Kier alpha value is -0.650. The molecule has 0 aromatic heterocycles. The van der Waals surface area contributed by atoms with Gasteiger partial charge in [0.25, 0.3) is 0 Å². The standard InChI is InChI=1S/C15H28N2O3/c1-4-20-13-7-9-17(10-8-13)11-15(2,14(18)19-3)16-12-5-6-12/h12-13,16H,4-11H2,1-3H3. The second kappa shape index (κ2) is 6.87. The normalized spacial score (nSPS) is 24.4. The molecule has 1 aliphatic heterocycles. The SMILES string of the molecule is CCOC1CCN(CC(C)(NC2CC2)C(=O)OC)CC1. The minimum Gasteiger partial charge on any atom is -0.468 e. The largest absolute Gasteiger partial charge is 0.468 e. The summed E-state index contributed by atoms with van der Waals surface area (Å²) in [5.74, 6) is -0.156. The molecular weight excluding hydrogens is 256 g/mol. The quantitative estimate of drug-likeness (QED) is 0.711. The van der Waals surface area contributed by atoms with E-state index in [9.17, 15) is 4.79 Å². The molecule has 2 aliphatic rings. The summed E-state index contributed by atoms with van der Waals surface area (Å²) >= 11 is 0. The van der Waals surface area contributed by atoms with Crippen LogP contribution in [0.5, 0.6) is 0 Å². The average molecular weight is 284 g/mol. The fraction of sp³-hybridized carbons (Fsp3) is 0.933. The van der Waals surface area contributed by atoms with Crippen molar-refractivity contribution in [1.29, 1.82) is 0 Å². The van der Waals surface area contributed by atoms with E-state index in [-0.39, 0.29) is 5.97 Å². The number of methoxy groups -OCH3 is 1. The van der Waals surface area contributed by atoms with Gasteiger partial charge in [0.05, 0.1) is 13.2 Å². The van der Waals surface area contributed by atoms with Gasteiger partial charge in [-0.1, -0.05) is 0 Å². The lowest BCUT2D eigenvalue weighted by molar-refractivity contribution is -0.149. The highest BCUT2D eigenvalue weighted by atomic mass is 16.5. The molecule has 20 heavy (non-hydrogen) atoms. The Morgan fingerprint density at radius 1 is 1.30 bits per heavy atom. The molecule has 0 amide bonds. The number of likely N-dealkylation sites (tertiary alicyclic amines) is 1. The number of nitrogens with zero attached hydrogens (tertiary/aromatic N) is 1. The molecule has 5 heteroatoms. The van der Waals surface area contributed by atoms with Gasteiger partial charge in [0.1, 0.15) is 5.54 Å². The second-order valence-electron chi connectivity index (χ2n) is 6.17. The van der Waals surface area contributed by atoms with Crippen LogP contribution in [-0.2, 0) is 14.3 Å². The molecule has 0 spiro atoms. The van der Waals surface area contributed by atoms with Crippen LogP contribution in [0.15, 0.2) is 0 Å². The van der Waals surface area contributed by atoms with Crippen LogP contribution in [0, 0.1) is 0 Å². The van der Waals surface area contributed by atoms with Crippen LogP contribution in [-0.4, -0.2) is 61.9 Å². The van der Waals surface area contributed by atoms with E-state index in [0.717, 1.165) is 39.1 Å². The van der Waals surface area contributed by atoms with Crippen molar-refractivity contribution in [2.45, 2.75) is 57.2 Å². The molecule has 1 saturated heterocycles. The summed E-state index contributed by atoms with van der Waals surface area (Å²) in [6.45, 7) is 7.49. The Bertz CT molecular complexity index is 325. The molecule has 1 heterocycles. The van der Waals surface area contributed by atoms with Crippen molar-refractivity contribution in [3.63, 3.8) is 0 Å². The third-order valence-electron chi connectivity index (χ3n) is 4.21. The van der Waals surface area contributed by atoms with E-state index in [1.165, 1.54) is 20.0 Å². The van der Waals surface area contributed by atoms with Crippen LogP contribution in [0.3, 0.4) is 0 Å². The Balaban J connectivity index is 1.86. The maximum atomic E-state index is 12.1. The predicted octanol–water partition coefficient (Wildman–Crippen LogP) is 1.17. The van der Waals surface area contributed by atoms with E-state index in [0.29, 0.717) is 12.1 Å². The van der Waals surface area contributed by atoms with Crippen LogP contribution < -0.4 is 5.32 Å². The van der Waals surface area contributed by atoms with Gasteiger partial charge in [0.15, 0.2) is 0 Å². The zero-order valence-electron chi connectivity index (χ0n) is 13.0. The van der Waals surface area contributed by atoms with Crippen molar-refractivity contribution in [2.75, 3.05) is 33.4 Å². The maximum Gasteiger partial charge on any atom is 0.327 e. The molecule has 116 valence electrons. The van der Waals surface area contributed by atoms with Crippen LogP contribution in [0.2, 0.25) is 0 Å². The van der Waals surface area contributed by atoms with Gasteiger partial charge < -0.3 is 14.4 Å². The second-order valence-corrected chi connectivity index (χ2v) is 6.17. The van der Waals surface area contributed by atoms with Crippen molar-refractivity contribution in [3.05, 3.63) is 0 Å². The number of rotatable bonds is 7.